The van der Waals surface area contributed by atoms with Crippen molar-refractivity contribution >= 4 is 45.0 Å². The van der Waals surface area contributed by atoms with Gasteiger partial charge in [-0.1, -0.05) is 28.1 Å². The summed E-state index contributed by atoms with van der Waals surface area (Å²) in [6, 6.07) is 13.0. The Bertz CT molecular complexity index is 1140. The molecule has 0 radical (unpaired) electrons. The first kappa shape index (κ1) is 17.2. The predicted octanol–water partition coefficient (Wildman–Crippen LogP) is 3.78. The van der Waals surface area contributed by atoms with Gasteiger partial charge in [0.05, 0.1) is 16.4 Å². The normalized spacial score (nSPS) is 15.0. The van der Waals surface area contributed by atoms with Gasteiger partial charge in [-0.15, -0.1) is 0 Å². The zero-order valence-corrected chi connectivity index (χ0v) is 16.4. The van der Waals surface area contributed by atoms with Gasteiger partial charge in [-0.3, -0.25) is 14.2 Å². The number of nitrogens with zero attached hydrogens (tertiary/aromatic N) is 1. The monoisotopic (exact) mass is 429 g/mol. The molecule has 1 saturated carbocycles. The molecule has 1 aromatic heterocycles. The minimum Gasteiger partial charge on any atom is -0.343 e. The van der Waals surface area contributed by atoms with Crippen molar-refractivity contribution in [1.29, 1.82) is 0 Å². The highest BCUT2D eigenvalue weighted by atomic mass is 79.9. The highest BCUT2D eigenvalue weighted by molar-refractivity contribution is 9.10. The number of carbonyl (C=O) groups is 1. The fraction of sp³-hybridized carbons (Fsp3) is 0.211. The second kappa shape index (κ2) is 6.17. The van der Waals surface area contributed by atoms with Crippen LogP contribution in [0, 0.1) is 4.77 Å². The summed E-state index contributed by atoms with van der Waals surface area (Å²) in [7, 11) is 1.62. The van der Waals surface area contributed by atoms with Crippen LogP contribution in [-0.4, -0.2) is 15.5 Å². The van der Waals surface area contributed by atoms with Gasteiger partial charge in [0, 0.05) is 17.1 Å². The lowest BCUT2D eigenvalue weighted by atomic mass is 10.0. The molecule has 0 spiro atoms. The van der Waals surface area contributed by atoms with Gasteiger partial charge in [0.2, 0.25) is 0 Å². The predicted molar refractivity (Wildman–Crippen MR) is 107 cm³/mol. The number of hydrogen-bond acceptors (Lipinski definition) is 3. The molecule has 1 amide bonds. The van der Waals surface area contributed by atoms with Crippen molar-refractivity contribution in [3.63, 3.8) is 0 Å². The van der Waals surface area contributed by atoms with Crippen molar-refractivity contribution in [3.05, 3.63) is 73.2 Å². The highest BCUT2D eigenvalue weighted by Crippen LogP contribution is 2.45. The smallest absolute Gasteiger partial charge is 0.261 e. The van der Waals surface area contributed by atoms with Crippen molar-refractivity contribution in [3.8, 4) is 0 Å². The highest BCUT2D eigenvalue weighted by Gasteiger charge is 2.45. The molecule has 2 aromatic carbocycles. The Labute approximate surface area is 163 Å². The Morgan fingerprint density at radius 1 is 1.23 bits per heavy atom. The van der Waals surface area contributed by atoms with Crippen molar-refractivity contribution in [2.24, 2.45) is 7.05 Å². The van der Waals surface area contributed by atoms with Gasteiger partial charge in [0.1, 0.15) is 0 Å². The molecule has 4 rings (SSSR count). The average Bonchev–Trinajstić information content (AvgIpc) is 3.40. The first-order valence-electron chi connectivity index (χ1n) is 8.21. The van der Waals surface area contributed by atoms with Crippen molar-refractivity contribution in [2.45, 2.75) is 18.4 Å². The number of fused-ring (bicyclic) bond motifs is 1. The van der Waals surface area contributed by atoms with E-state index in [0.717, 1.165) is 22.9 Å². The van der Waals surface area contributed by atoms with E-state index in [2.05, 4.69) is 26.2 Å². The third-order valence-corrected chi connectivity index (χ3v) is 5.77. The van der Waals surface area contributed by atoms with Gasteiger partial charge < -0.3 is 10.3 Å². The third kappa shape index (κ3) is 2.91. The van der Waals surface area contributed by atoms with Gasteiger partial charge >= 0.3 is 0 Å². The van der Waals surface area contributed by atoms with Crippen LogP contribution in [0.4, 0.5) is 0 Å². The van der Waals surface area contributed by atoms with Gasteiger partial charge in [-0.2, -0.15) is 0 Å². The molecule has 1 heterocycles. The van der Waals surface area contributed by atoms with Crippen molar-refractivity contribution in [2.75, 3.05) is 0 Å². The number of nitrogens with one attached hydrogen (secondary N) is 2. The SMILES string of the molecule is Cn1c(=S)[nH]c2cc(C(=O)NC3(c4ccc(Br)cc4)CC3)ccc2c1=O. The molecule has 5 nitrogen and oxygen atoms in total. The quantitative estimate of drug-likeness (QED) is 0.622. The first-order chi connectivity index (χ1) is 12.4. The number of carbonyl (C=O) groups excluding carboxylic acids is 1. The molecule has 1 aliphatic carbocycles. The molecule has 0 atom stereocenters. The summed E-state index contributed by atoms with van der Waals surface area (Å²) in [5.41, 5.74) is 1.69. The summed E-state index contributed by atoms with van der Waals surface area (Å²) >= 11 is 8.59. The summed E-state index contributed by atoms with van der Waals surface area (Å²) in [6.45, 7) is 0. The molecule has 132 valence electrons. The minimum absolute atomic E-state index is 0.160. The van der Waals surface area contributed by atoms with E-state index < -0.39 is 0 Å². The Morgan fingerprint density at radius 2 is 1.92 bits per heavy atom. The molecule has 3 aromatic rings. The molecular weight excluding hydrogens is 414 g/mol. The van der Waals surface area contributed by atoms with Crippen LogP contribution in [-0.2, 0) is 12.6 Å². The Hall–Kier alpha value is -2.25. The van der Waals surface area contributed by atoms with Crippen LogP contribution in [0.3, 0.4) is 0 Å². The lowest BCUT2D eigenvalue weighted by Gasteiger charge is -2.18. The van der Waals surface area contributed by atoms with Gasteiger partial charge in [-0.25, -0.2) is 0 Å². The number of H-pyrrole nitrogens is 1. The van der Waals surface area contributed by atoms with E-state index in [1.54, 1.807) is 25.2 Å². The van der Waals surface area contributed by atoms with Crippen molar-refractivity contribution in [1.82, 2.24) is 14.9 Å². The maximum atomic E-state index is 12.8. The maximum absolute atomic E-state index is 12.8. The van der Waals surface area contributed by atoms with Crippen molar-refractivity contribution < 1.29 is 4.79 Å². The fourth-order valence-corrected chi connectivity index (χ4v) is 3.57. The van der Waals surface area contributed by atoms with E-state index in [1.807, 2.05) is 24.3 Å². The van der Waals surface area contributed by atoms with Crippen LogP contribution in [0.2, 0.25) is 0 Å². The summed E-state index contributed by atoms with van der Waals surface area (Å²) in [5.74, 6) is -0.160. The molecule has 0 bridgehead atoms. The number of halogens is 1. The van der Waals surface area contributed by atoms with Gasteiger partial charge in [-0.05, 0) is 61.0 Å². The second-order valence-corrected chi connectivity index (χ2v) is 7.90. The zero-order valence-electron chi connectivity index (χ0n) is 14.0. The molecule has 0 saturated heterocycles. The van der Waals surface area contributed by atoms with Crippen LogP contribution in [0.15, 0.2) is 51.7 Å². The van der Waals surface area contributed by atoms with E-state index >= 15 is 0 Å². The number of hydrogen-bond donors (Lipinski definition) is 2. The third-order valence-electron chi connectivity index (χ3n) is 4.86. The number of benzene rings is 2. The largest absolute Gasteiger partial charge is 0.343 e. The molecule has 7 heteroatoms. The molecule has 2 N–H and O–H groups in total. The van der Waals surface area contributed by atoms with Gasteiger partial charge in [0.25, 0.3) is 11.5 Å². The van der Waals surface area contributed by atoms with Gasteiger partial charge in [0.15, 0.2) is 4.77 Å². The fourth-order valence-electron chi connectivity index (χ4n) is 3.12. The van der Waals surface area contributed by atoms with Crippen LogP contribution < -0.4 is 10.9 Å². The lowest BCUT2D eigenvalue weighted by molar-refractivity contribution is 0.0931. The Kier molecular flexibility index (Phi) is 4.08. The number of rotatable bonds is 3. The van der Waals surface area contributed by atoms with E-state index in [1.165, 1.54) is 4.57 Å². The molecular formula is C19H16BrN3O2S. The summed E-state index contributed by atoms with van der Waals surface area (Å²) in [5, 5.41) is 3.65. The van der Waals surface area contributed by atoms with Crippen LogP contribution in [0.1, 0.15) is 28.8 Å². The Morgan fingerprint density at radius 3 is 2.58 bits per heavy atom. The van der Waals surface area contributed by atoms with E-state index in [4.69, 9.17) is 12.2 Å². The standard InChI is InChI=1S/C19H16BrN3O2S/c1-23-17(25)14-7-2-11(10-15(14)21-18(23)26)16(24)22-19(8-9-19)12-3-5-13(20)6-4-12/h2-7,10H,8-9H2,1H3,(H,21,26)(H,22,24). The summed E-state index contributed by atoms with van der Waals surface area (Å²) in [6.07, 6.45) is 1.83. The number of amides is 1. The molecule has 0 unspecified atom stereocenters. The minimum atomic E-state index is -0.299. The number of aromatic amines is 1. The summed E-state index contributed by atoms with van der Waals surface area (Å²) in [4.78, 5) is 28.0. The Balaban J connectivity index is 1.66. The zero-order chi connectivity index (χ0) is 18.5. The van der Waals surface area contributed by atoms with E-state index in [-0.39, 0.29) is 17.0 Å². The molecule has 26 heavy (non-hydrogen) atoms. The topological polar surface area (TPSA) is 66.9 Å². The first-order valence-corrected chi connectivity index (χ1v) is 9.41. The summed E-state index contributed by atoms with van der Waals surface area (Å²) < 4.78 is 2.72. The van der Waals surface area contributed by atoms with E-state index in [0.29, 0.717) is 21.2 Å². The van der Waals surface area contributed by atoms with Crippen LogP contribution >= 0.6 is 28.1 Å². The second-order valence-electron chi connectivity index (χ2n) is 6.60. The average molecular weight is 430 g/mol. The molecule has 1 aliphatic rings. The lowest BCUT2D eigenvalue weighted by Crippen LogP contribution is -2.34. The van der Waals surface area contributed by atoms with Crippen LogP contribution in [0.5, 0.6) is 0 Å². The maximum Gasteiger partial charge on any atom is 0.261 e. The molecule has 0 aliphatic heterocycles. The number of aromatic nitrogens is 2. The molecule has 1 fully saturated rings. The van der Waals surface area contributed by atoms with E-state index in [9.17, 15) is 9.59 Å². The van der Waals surface area contributed by atoms with Crippen LogP contribution in [0.25, 0.3) is 10.9 Å².